The molecule has 0 fully saturated rings. The number of terminal acetylenes is 1. The van der Waals surface area contributed by atoms with Crippen molar-refractivity contribution in [2.24, 2.45) is 0 Å². The lowest BCUT2D eigenvalue weighted by molar-refractivity contribution is -0.135. The van der Waals surface area contributed by atoms with E-state index in [1.54, 1.807) is 12.8 Å². The summed E-state index contributed by atoms with van der Waals surface area (Å²) >= 11 is 0. The average Bonchev–Trinajstić information content (AvgIpc) is 1.89. The van der Waals surface area contributed by atoms with Crippen LogP contribution in [-0.2, 0) is 9.53 Å². The van der Waals surface area contributed by atoms with Crippen LogP contribution in [0.25, 0.3) is 0 Å². The Morgan fingerprint density at radius 2 is 2.44 bits per heavy atom. The molecule has 0 heterocycles. The minimum Gasteiger partial charge on any atom is -0.443 e. The minimum absolute atomic E-state index is 0.0829. The fourth-order valence-electron chi connectivity index (χ4n) is 0.215. The highest BCUT2D eigenvalue weighted by molar-refractivity contribution is 5.87. The molecule has 2 nitrogen and oxygen atoms in total. The van der Waals surface area contributed by atoms with E-state index in [1.807, 2.05) is 0 Å². The maximum Gasteiger partial charge on any atom is 0.385 e. The zero-order chi connectivity index (χ0) is 7.11. The van der Waals surface area contributed by atoms with Crippen LogP contribution in [0.4, 0.5) is 0 Å². The summed E-state index contributed by atoms with van der Waals surface area (Å²) in [5, 5.41) is 0. The second kappa shape index (κ2) is 4.74. The average molecular weight is 122 g/mol. The van der Waals surface area contributed by atoms with Gasteiger partial charge in [0.05, 0.1) is 0 Å². The molecule has 2 heteroatoms. The molecular formula is C7H6O2. The molecule has 0 aliphatic carbocycles. The molecule has 0 aliphatic rings. The van der Waals surface area contributed by atoms with Crippen molar-refractivity contribution >= 4 is 5.97 Å². The van der Waals surface area contributed by atoms with Crippen molar-refractivity contribution < 1.29 is 9.53 Å². The number of carbonyl (C=O) groups is 1. The second-order valence-corrected chi connectivity index (χ2v) is 1.15. The molecule has 0 N–H and O–H groups in total. The fourth-order valence-corrected chi connectivity index (χ4v) is 0.215. The summed E-state index contributed by atoms with van der Waals surface area (Å²) in [7, 11) is 0. The summed E-state index contributed by atoms with van der Waals surface area (Å²) in [5.41, 5.74) is 0. The van der Waals surface area contributed by atoms with Gasteiger partial charge in [0.1, 0.15) is 0 Å². The smallest absolute Gasteiger partial charge is 0.385 e. The van der Waals surface area contributed by atoms with Crippen LogP contribution in [0.3, 0.4) is 0 Å². The van der Waals surface area contributed by atoms with Crippen molar-refractivity contribution in [1.82, 2.24) is 0 Å². The number of hydrogen-bond acceptors (Lipinski definition) is 2. The highest BCUT2D eigenvalue weighted by Gasteiger charge is 1.89. The van der Waals surface area contributed by atoms with Crippen LogP contribution < -0.4 is 0 Å². The van der Waals surface area contributed by atoms with Crippen LogP contribution >= 0.6 is 0 Å². The predicted octanol–water partition coefficient (Wildman–Crippen LogP) is 0.186. The van der Waals surface area contributed by atoms with E-state index in [2.05, 4.69) is 23.0 Å². The Morgan fingerprint density at radius 3 is 2.89 bits per heavy atom. The van der Waals surface area contributed by atoms with Crippen molar-refractivity contribution in [2.45, 2.75) is 6.92 Å². The van der Waals surface area contributed by atoms with Gasteiger partial charge in [-0.25, -0.2) is 4.79 Å². The van der Waals surface area contributed by atoms with E-state index in [0.29, 0.717) is 0 Å². The van der Waals surface area contributed by atoms with Gasteiger partial charge < -0.3 is 4.74 Å². The number of rotatable bonds is 1. The predicted molar refractivity (Wildman–Crippen MR) is 33.2 cm³/mol. The SMILES string of the molecule is C#CC(=O)OCC#CC. The Morgan fingerprint density at radius 1 is 1.78 bits per heavy atom. The molecule has 0 saturated heterocycles. The van der Waals surface area contributed by atoms with E-state index in [0.717, 1.165) is 0 Å². The summed E-state index contributed by atoms with van der Waals surface area (Å²) < 4.78 is 4.38. The maximum atomic E-state index is 10.2. The van der Waals surface area contributed by atoms with E-state index < -0.39 is 5.97 Å². The van der Waals surface area contributed by atoms with E-state index in [-0.39, 0.29) is 6.61 Å². The number of esters is 1. The lowest BCUT2D eigenvalue weighted by atomic mass is 10.6. The number of ether oxygens (including phenoxy) is 1. The van der Waals surface area contributed by atoms with Gasteiger partial charge in [0.25, 0.3) is 0 Å². The molecule has 0 radical (unpaired) electrons. The molecule has 9 heavy (non-hydrogen) atoms. The van der Waals surface area contributed by atoms with Crippen molar-refractivity contribution in [3.05, 3.63) is 0 Å². The van der Waals surface area contributed by atoms with E-state index in [1.165, 1.54) is 0 Å². The van der Waals surface area contributed by atoms with Gasteiger partial charge in [0, 0.05) is 5.92 Å². The zero-order valence-electron chi connectivity index (χ0n) is 5.10. The zero-order valence-corrected chi connectivity index (χ0v) is 5.10. The molecule has 0 rings (SSSR count). The summed E-state index contributed by atoms with van der Waals surface area (Å²) in [4.78, 5) is 10.2. The standard InChI is InChI=1S/C7H6O2/c1-3-5-6-9-7(8)4-2/h2H,6H2,1H3. The third-order valence-electron chi connectivity index (χ3n) is 0.570. The quantitative estimate of drug-likeness (QED) is 0.282. The summed E-state index contributed by atoms with van der Waals surface area (Å²) in [6, 6.07) is 0. The van der Waals surface area contributed by atoms with Crippen LogP contribution in [0.1, 0.15) is 6.92 Å². The van der Waals surface area contributed by atoms with Gasteiger partial charge in [-0.1, -0.05) is 5.92 Å². The summed E-state index contributed by atoms with van der Waals surface area (Å²) in [6.07, 6.45) is 4.68. The van der Waals surface area contributed by atoms with Gasteiger partial charge in [0.2, 0.25) is 0 Å². The third kappa shape index (κ3) is 4.44. The van der Waals surface area contributed by atoms with Crippen LogP contribution in [0.2, 0.25) is 0 Å². The topological polar surface area (TPSA) is 26.3 Å². The Balaban J connectivity index is 3.39. The van der Waals surface area contributed by atoms with Crippen LogP contribution in [0, 0.1) is 24.2 Å². The van der Waals surface area contributed by atoms with Gasteiger partial charge >= 0.3 is 5.97 Å². The Labute approximate surface area is 54.2 Å². The molecule has 0 aromatic heterocycles. The number of hydrogen-bond donors (Lipinski definition) is 0. The summed E-state index contributed by atoms with van der Waals surface area (Å²) in [6.45, 7) is 1.74. The largest absolute Gasteiger partial charge is 0.443 e. The van der Waals surface area contributed by atoms with Crippen LogP contribution in [0.15, 0.2) is 0 Å². The molecule has 0 aromatic rings. The highest BCUT2D eigenvalue weighted by Crippen LogP contribution is 1.71. The van der Waals surface area contributed by atoms with Gasteiger partial charge in [-0.2, -0.15) is 0 Å². The first-order chi connectivity index (χ1) is 4.31. The Bertz CT molecular complexity index is 187. The van der Waals surface area contributed by atoms with Gasteiger partial charge in [0.15, 0.2) is 6.61 Å². The van der Waals surface area contributed by atoms with Gasteiger partial charge in [-0.05, 0) is 6.92 Å². The van der Waals surface area contributed by atoms with E-state index >= 15 is 0 Å². The van der Waals surface area contributed by atoms with E-state index in [4.69, 9.17) is 0 Å². The molecule has 0 saturated carbocycles. The first kappa shape index (κ1) is 7.59. The van der Waals surface area contributed by atoms with Crippen LogP contribution in [-0.4, -0.2) is 12.6 Å². The lowest BCUT2D eigenvalue weighted by Gasteiger charge is -1.88. The normalized spacial score (nSPS) is 6.22. The minimum atomic E-state index is -0.669. The molecule has 0 aliphatic heterocycles. The van der Waals surface area contributed by atoms with Crippen molar-refractivity contribution in [2.75, 3.05) is 6.61 Å². The monoisotopic (exact) mass is 122 g/mol. The second-order valence-electron chi connectivity index (χ2n) is 1.15. The maximum absolute atomic E-state index is 10.2. The molecule has 0 unspecified atom stereocenters. The van der Waals surface area contributed by atoms with Crippen molar-refractivity contribution in [3.63, 3.8) is 0 Å². The first-order valence-corrected chi connectivity index (χ1v) is 2.34. The molecule has 0 bridgehead atoms. The molecule has 46 valence electrons. The molecular weight excluding hydrogens is 116 g/mol. The number of carbonyl (C=O) groups excluding carboxylic acids is 1. The molecule has 0 atom stereocenters. The third-order valence-corrected chi connectivity index (χ3v) is 0.570. The first-order valence-electron chi connectivity index (χ1n) is 2.34. The Kier molecular flexibility index (Phi) is 4.00. The molecule has 0 spiro atoms. The molecule has 0 amide bonds. The van der Waals surface area contributed by atoms with E-state index in [9.17, 15) is 4.79 Å². The van der Waals surface area contributed by atoms with Crippen molar-refractivity contribution in [1.29, 1.82) is 0 Å². The van der Waals surface area contributed by atoms with Crippen molar-refractivity contribution in [3.8, 4) is 24.2 Å². The van der Waals surface area contributed by atoms with Crippen LogP contribution in [0.5, 0.6) is 0 Å². The lowest BCUT2D eigenvalue weighted by Crippen LogP contribution is -1.99. The molecule has 0 aromatic carbocycles. The van der Waals surface area contributed by atoms with Gasteiger partial charge in [-0.15, -0.1) is 12.3 Å². The van der Waals surface area contributed by atoms with Gasteiger partial charge in [-0.3, -0.25) is 0 Å². The summed E-state index contributed by atoms with van der Waals surface area (Å²) in [5.74, 6) is 6.20. The Hall–Kier alpha value is -1.41. The fraction of sp³-hybridized carbons (Fsp3) is 0.286. The highest BCUT2D eigenvalue weighted by atomic mass is 16.5.